The Labute approximate surface area is 127 Å². The molecule has 0 spiro atoms. The number of hydrogen-bond donors (Lipinski definition) is 0. The molecule has 1 atom stereocenters. The molecule has 1 saturated heterocycles. The van der Waals surface area contributed by atoms with Crippen LogP contribution in [-0.2, 0) is 0 Å². The normalized spacial score (nSPS) is 18.3. The zero-order valence-corrected chi connectivity index (χ0v) is 12.3. The van der Waals surface area contributed by atoms with Gasteiger partial charge in [-0.1, -0.05) is 12.1 Å². The van der Waals surface area contributed by atoms with Gasteiger partial charge in [-0.25, -0.2) is 9.37 Å². The summed E-state index contributed by atoms with van der Waals surface area (Å²) in [6.07, 6.45) is 3.66. The lowest BCUT2D eigenvalue weighted by Crippen LogP contribution is -2.25. The van der Waals surface area contributed by atoms with Crippen molar-refractivity contribution >= 4 is 11.6 Å². The number of rotatable bonds is 2. The van der Waals surface area contributed by atoms with Crippen molar-refractivity contribution in [1.29, 1.82) is 0 Å². The van der Waals surface area contributed by atoms with E-state index in [1.165, 1.54) is 18.5 Å². The highest BCUT2D eigenvalue weighted by molar-refractivity contribution is 5.50. The van der Waals surface area contributed by atoms with Crippen LogP contribution in [0.2, 0.25) is 0 Å². The molecule has 0 aliphatic carbocycles. The predicted octanol–water partition coefficient (Wildman–Crippen LogP) is 2.91. The van der Waals surface area contributed by atoms with Crippen LogP contribution in [0.15, 0.2) is 36.7 Å². The van der Waals surface area contributed by atoms with Crippen LogP contribution in [0.25, 0.3) is 5.78 Å². The highest BCUT2D eigenvalue weighted by Crippen LogP contribution is 2.36. The quantitative estimate of drug-likeness (QED) is 0.729. The van der Waals surface area contributed by atoms with E-state index in [0.29, 0.717) is 5.78 Å². The van der Waals surface area contributed by atoms with E-state index in [9.17, 15) is 4.39 Å². The number of nitrogens with zero attached hydrogens (tertiary/aromatic N) is 5. The highest BCUT2D eigenvalue weighted by atomic mass is 19.1. The van der Waals surface area contributed by atoms with Gasteiger partial charge in [0.1, 0.15) is 18.0 Å². The van der Waals surface area contributed by atoms with Gasteiger partial charge in [0.15, 0.2) is 0 Å². The topological polar surface area (TPSA) is 46.3 Å². The highest BCUT2D eigenvalue weighted by Gasteiger charge is 2.28. The van der Waals surface area contributed by atoms with E-state index in [0.717, 1.165) is 36.5 Å². The average molecular weight is 297 g/mol. The van der Waals surface area contributed by atoms with Gasteiger partial charge in [0.05, 0.1) is 6.04 Å². The minimum atomic E-state index is -0.202. The molecule has 6 heteroatoms. The van der Waals surface area contributed by atoms with Crippen LogP contribution >= 0.6 is 0 Å². The number of benzene rings is 1. The molecule has 1 aliphatic rings. The maximum atomic E-state index is 13.2. The maximum Gasteiger partial charge on any atom is 0.254 e. The zero-order chi connectivity index (χ0) is 15.1. The van der Waals surface area contributed by atoms with Crippen LogP contribution in [0, 0.1) is 12.7 Å². The molecule has 5 nitrogen and oxygen atoms in total. The first kappa shape index (κ1) is 13.2. The summed E-state index contributed by atoms with van der Waals surface area (Å²) in [7, 11) is 0. The number of aromatic nitrogens is 4. The number of hydrogen-bond acceptors (Lipinski definition) is 4. The second-order valence-electron chi connectivity index (χ2n) is 5.63. The molecule has 0 radical (unpaired) electrons. The molecule has 1 aromatic carbocycles. The van der Waals surface area contributed by atoms with E-state index in [1.807, 2.05) is 25.1 Å². The molecule has 0 amide bonds. The molecule has 0 N–H and O–H groups in total. The Morgan fingerprint density at radius 3 is 2.86 bits per heavy atom. The molecule has 0 saturated carbocycles. The van der Waals surface area contributed by atoms with Crippen LogP contribution in [0.5, 0.6) is 0 Å². The summed E-state index contributed by atoms with van der Waals surface area (Å²) in [5, 5.41) is 4.29. The third-order valence-electron chi connectivity index (χ3n) is 4.16. The smallest absolute Gasteiger partial charge is 0.254 e. The Hall–Kier alpha value is -2.50. The van der Waals surface area contributed by atoms with Crippen molar-refractivity contribution in [2.75, 3.05) is 11.4 Å². The fraction of sp³-hybridized carbons (Fsp3) is 0.312. The Kier molecular flexibility index (Phi) is 3.03. The van der Waals surface area contributed by atoms with E-state index in [1.54, 1.807) is 4.52 Å². The molecule has 3 aromatic rings. The summed E-state index contributed by atoms with van der Waals surface area (Å²) in [6.45, 7) is 2.90. The van der Waals surface area contributed by atoms with Crippen molar-refractivity contribution in [2.24, 2.45) is 0 Å². The van der Waals surface area contributed by atoms with E-state index >= 15 is 0 Å². The van der Waals surface area contributed by atoms with Crippen LogP contribution in [0.1, 0.15) is 30.1 Å². The molecule has 0 bridgehead atoms. The Bertz CT molecular complexity index is 811. The Morgan fingerprint density at radius 1 is 1.23 bits per heavy atom. The van der Waals surface area contributed by atoms with Crippen LogP contribution in [0.4, 0.5) is 10.2 Å². The number of anilines is 1. The number of fused-ring (bicyclic) bond motifs is 1. The zero-order valence-electron chi connectivity index (χ0n) is 12.3. The molecule has 2 aromatic heterocycles. The second kappa shape index (κ2) is 5.05. The summed E-state index contributed by atoms with van der Waals surface area (Å²) in [4.78, 5) is 10.9. The monoisotopic (exact) mass is 297 g/mol. The van der Waals surface area contributed by atoms with E-state index in [4.69, 9.17) is 0 Å². The van der Waals surface area contributed by atoms with Gasteiger partial charge in [0, 0.05) is 18.3 Å². The van der Waals surface area contributed by atoms with E-state index in [2.05, 4.69) is 20.0 Å². The summed E-state index contributed by atoms with van der Waals surface area (Å²) in [5.41, 5.74) is 2.04. The molecule has 1 fully saturated rings. The van der Waals surface area contributed by atoms with Gasteiger partial charge >= 0.3 is 0 Å². The second-order valence-corrected chi connectivity index (χ2v) is 5.63. The van der Waals surface area contributed by atoms with Crippen molar-refractivity contribution in [2.45, 2.75) is 25.8 Å². The summed E-state index contributed by atoms with van der Waals surface area (Å²) >= 11 is 0. The molecule has 22 heavy (non-hydrogen) atoms. The van der Waals surface area contributed by atoms with Crippen LogP contribution in [0.3, 0.4) is 0 Å². The lowest BCUT2D eigenvalue weighted by molar-refractivity contribution is 0.623. The van der Waals surface area contributed by atoms with E-state index in [-0.39, 0.29) is 11.9 Å². The molecule has 1 aliphatic heterocycles. The average Bonchev–Trinajstić information content (AvgIpc) is 3.15. The molecular formula is C16H16FN5. The number of aryl methyl sites for hydroxylation is 1. The van der Waals surface area contributed by atoms with E-state index < -0.39 is 0 Å². The van der Waals surface area contributed by atoms with Crippen molar-refractivity contribution < 1.29 is 4.39 Å². The molecule has 3 heterocycles. The lowest BCUT2D eigenvalue weighted by Gasteiger charge is -2.27. The SMILES string of the molecule is Cc1cc(N2CCCC2c2ccc(F)cc2)n2ncnc2n1. The third-order valence-corrected chi connectivity index (χ3v) is 4.16. The minimum Gasteiger partial charge on any atom is -0.349 e. The van der Waals surface area contributed by atoms with Crippen molar-refractivity contribution in [1.82, 2.24) is 19.6 Å². The van der Waals surface area contributed by atoms with Crippen molar-refractivity contribution in [3.8, 4) is 0 Å². The third kappa shape index (κ3) is 2.11. The lowest BCUT2D eigenvalue weighted by atomic mass is 10.0. The fourth-order valence-corrected chi connectivity index (χ4v) is 3.19. The first-order chi connectivity index (χ1) is 10.7. The Morgan fingerprint density at radius 2 is 2.05 bits per heavy atom. The van der Waals surface area contributed by atoms with Gasteiger partial charge in [-0.3, -0.25) is 0 Å². The van der Waals surface area contributed by atoms with Crippen LogP contribution < -0.4 is 4.90 Å². The van der Waals surface area contributed by atoms with Crippen molar-refractivity contribution in [3.05, 3.63) is 53.7 Å². The van der Waals surface area contributed by atoms with Gasteiger partial charge in [0.2, 0.25) is 0 Å². The summed E-state index contributed by atoms with van der Waals surface area (Å²) in [5.74, 6) is 1.40. The van der Waals surface area contributed by atoms with Gasteiger partial charge in [0.25, 0.3) is 5.78 Å². The standard InChI is InChI=1S/C16H16FN5/c1-11-9-15(22-16(20-11)18-10-19-22)21-8-2-3-14(21)12-4-6-13(17)7-5-12/h4-7,9-10,14H,2-3,8H2,1H3. The summed E-state index contributed by atoms with van der Waals surface area (Å²) < 4.78 is 14.9. The Balaban J connectivity index is 1.79. The predicted molar refractivity (Wildman–Crippen MR) is 81.2 cm³/mol. The van der Waals surface area contributed by atoms with Gasteiger partial charge < -0.3 is 4.90 Å². The van der Waals surface area contributed by atoms with Gasteiger partial charge in [-0.05, 0) is 37.5 Å². The van der Waals surface area contributed by atoms with Gasteiger partial charge in [-0.2, -0.15) is 14.6 Å². The maximum absolute atomic E-state index is 13.2. The largest absolute Gasteiger partial charge is 0.349 e. The molecule has 4 rings (SSSR count). The molecule has 112 valence electrons. The molecular weight excluding hydrogens is 281 g/mol. The first-order valence-electron chi connectivity index (χ1n) is 7.42. The minimum absolute atomic E-state index is 0.202. The van der Waals surface area contributed by atoms with Crippen molar-refractivity contribution in [3.63, 3.8) is 0 Å². The summed E-state index contributed by atoms with van der Waals surface area (Å²) in [6, 6.07) is 9.04. The van der Waals surface area contributed by atoms with Gasteiger partial charge in [-0.15, -0.1) is 0 Å². The first-order valence-corrected chi connectivity index (χ1v) is 7.42. The molecule has 1 unspecified atom stereocenters. The number of halogens is 1. The van der Waals surface area contributed by atoms with Crippen LogP contribution in [-0.4, -0.2) is 26.1 Å². The fourth-order valence-electron chi connectivity index (χ4n) is 3.19.